The first-order chi connectivity index (χ1) is 10.6. The van der Waals surface area contributed by atoms with E-state index in [0.29, 0.717) is 12.8 Å². The van der Waals surface area contributed by atoms with Crippen LogP contribution >= 0.6 is 0 Å². The standard InChI is InChI=1S/C12H13F2NO.C2HF3O2/c13-9-2-1-3-10(14)11(9)12(16)8-4-6-15-7-5-8;3-2(4,5)1(6)7/h1-3,8,15H,4-7H2;(H,6,7). The van der Waals surface area contributed by atoms with Gasteiger partial charge in [-0.25, -0.2) is 13.6 Å². The van der Waals surface area contributed by atoms with E-state index in [1.807, 2.05) is 0 Å². The summed E-state index contributed by atoms with van der Waals surface area (Å²) in [6, 6.07) is 3.51. The molecule has 1 fully saturated rings. The van der Waals surface area contributed by atoms with Crippen LogP contribution < -0.4 is 5.32 Å². The van der Waals surface area contributed by atoms with Gasteiger partial charge in [0.15, 0.2) is 5.78 Å². The molecular weight excluding hydrogens is 325 g/mol. The number of halogens is 5. The van der Waals surface area contributed by atoms with Gasteiger partial charge < -0.3 is 10.4 Å². The molecule has 1 aliphatic rings. The lowest BCUT2D eigenvalue weighted by Crippen LogP contribution is -2.32. The van der Waals surface area contributed by atoms with Crippen molar-refractivity contribution in [1.82, 2.24) is 5.32 Å². The molecule has 0 aromatic heterocycles. The van der Waals surface area contributed by atoms with Gasteiger partial charge >= 0.3 is 12.1 Å². The van der Waals surface area contributed by atoms with Crippen molar-refractivity contribution in [1.29, 1.82) is 0 Å². The van der Waals surface area contributed by atoms with E-state index in [1.54, 1.807) is 0 Å². The number of carbonyl (C=O) groups is 2. The maximum atomic E-state index is 13.4. The molecule has 2 rings (SSSR count). The minimum absolute atomic E-state index is 0.257. The average molecular weight is 339 g/mol. The summed E-state index contributed by atoms with van der Waals surface area (Å²) in [4.78, 5) is 20.8. The van der Waals surface area contributed by atoms with Crippen molar-refractivity contribution in [3.8, 4) is 0 Å². The van der Waals surface area contributed by atoms with E-state index >= 15 is 0 Å². The monoisotopic (exact) mass is 339 g/mol. The largest absolute Gasteiger partial charge is 0.490 e. The number of rotatable bonds is 2. The van der Waals surface area contributed by atoms with Gasteiger partial charge in [-0.05, 0) is 38.1 Å². The predicted octanol–water partition coefficient (Wildman–Crippen LogP) is 2.78. The molecule has 0 saturated carbocycles. The highest BCUT2D eigenvalue weighted by molar-refractivity contribution is 5.98. The number of carbonyl (C=O) groups excluding carboxylic acids is 1. The fourth-order valence-corrected chi connectivity index (χ4v) is 2.02. The summed E-state index contributed by atoms with van der Waals surface area (Å²) < 4.78 is 58.5. The average Bonchev–Trinajstić information content (AvgIpc) is 2.47. The van der Waals surface area contributed by atoms with Crippen LogP contribution in [-0.2, 0) is 4.79 Å². The van der Waals surface area contributed by atoms with Crippen LogP contribution in [0.25, 0.3) is 0 Å². The van der Waals surface area contributed by atoms with Crippen LogP contribution in [0.4, 0.5) is 22.0 Å². The van der Waals surface area contributed by atoms with E-state index < -0.39 is 29.6 Å². The Morgan fingerprint density at radius 1 is 1.09 bits per heavy atom. The zero-order chi connectivity index (χ0) is 17.6. The van der Waals surface area contributed by atoms with Gasteiger partial charge in [0.25, 0.3) is 0 Å². The van der Waals surface area contributed by atoms with Gasteiger partial charge in [0.2, 0.25) is 0 Å². The Bertz CT molecular complexity index is 548. The van der Waals surface area contributed by atoms with Crippen LogP contribution in [0.3, 0.4) is 0 Å². The van der Waals surface area contributed by atoms with Crippen molar-refractivity contribution >= 4 is 11.8 Å². The number of hydrogen-bond acceptors (Lipinski definition) is 3. The highest BCUT2D eigenvalue weighted by atomic mass is 19.4. The molecule has 0 bridgehead atoms. The number of benzene rings is 1. The molecular formula is C14H14F5NO3. The smallest absolute Gasteiger partial charge is 0.475 e. The number of hydrogen-bond donors (Lipinski definition) is 2. The lowest BCUT2D eigenvalue weighted by atomic mass is 9.89. The van der Waals surface area contributed by atoms with Gasteiger partial charge in [0.1, 0.15) is 11.6 Å². The van der Waals surface area contributed by atoms with Crippen LogP contribution in [0.1, 0.15) is 23.2 Å². The Hall–Kier alpha value is -2.03. The number of piperidine rings is 1. The van der Waals surface area contributed by atoms with Gasteiger partial charge in [-0.2, -0.15) is 13.2 Å². The van der Waals surface area contributed by atoms with Gasteiger partial charge in [-0.15, -0.1) is 0 Å². The molecule has 0 unspecified atom stereocenters. The van der Waals surface area contributed by atoms with Crippen molar-refractivity contribution in [2.45, 2.75) is 19.0 Å². The molecule has 0 spiro atoms. The lowest BCUT2D eigenvalue weighted by Gasteiger charge is -2.21. The molecule has 1 aromatic rings. The van der Waals surface area contributed by atoms with E-state index in [4.69, 9.17) is 9.90 Å². The maximum Gasteiger partial charge on any atom is 0.490 e. The van der Waals surface area contributed by atoms with Crippen LogP contribution in [0.2, 0.25) is 0 Å². The van der Waals surface area contributed by atoms with Crippen LogP contribution in [-0.4, -0.2) is 36.1 Å². The van der Waals surface area contributed by atoms with Gasteiger partial charge in [-0.3, -0.25) is 4.79 Å². The van der Waals surface area contributed by atoms with Gasteiger partial charge in [0.05, 0.1) is 5.56 Å². The molecule has 4 nitrogen and oxygen atoms in total. The summed E-state index contributed by atoms with van der Waals surface area (Å²) in [5, 5.41) is 10.2. The van der Waals surface area contributed by atoms with Crippen LogP contribution in [0, 0.1) is 17.6 Å². The molecule has 23 heavy (non-hydrogen) atoms. The van der Waals surface area contributed by atoms with E-state index in [2.05, 4.69) is 5.32 Å². The third kappa shape index (κ3) is 5.59. The van der Waals surface area contributed by atoms with Crippen LogP contribution in [0.5, 0.6) is 0 Å². The fourth-order valence-electron chi connectivity index (χ4n) is 2.02. The first kappa shape index (κ1) is 19.0. The minimum atomic E-state index is -5.08. The predicted molar refractivity (Wildman–Crippen MR) is 70.0 cm³/mol. The molecule has 0 amide bonds. The summed E-state index contributed by atoms with van der Waals surface area (Å²) in [6.07, 6.45) is -3.79. The number of carboxylic acid groups (broad SMARTS) is 1. The molecule has 1 aliphatic heterocycles. The number of nitrogens with one attached hydrogen (secondary N) is 1. The minimum Gasteiger partial charge on any atom is -0.475 e. The second-order valence-electron chi connectivity index (χ2n) is 4.79. The highest BCUT2D eigenvalue weighted by Crippen LogP contribution is 2.22. The van der Waals surface area contributed by atoms with Gasteiger partial charge in [0, 0.05) is 5.92 Å². The normalized spacial score (nSPS) is 15.5. The van der Waals surface area contributed by atoms with E-state index in [0.717, 1.165) is 25.2 Å². The molecule has 128 valence electrons. The topological polar surface area (TPSA) is 66.4 Å². The Labute approximate surface area is 128 Å². The van der Waals surface area contributed by atoms with E-state index in [1.165, 1.54) is 6.07 Å². The number of carboxylic acids is 1. The second-order valence-corrected chi connectivity index (χ2v) is 4.79. The SMILES string of the molecule is O=C(O)C(F)(F)F.O=C(c1c(F)cccc1F)C1CCNCC1. The lowest BCUT2D eigenvalue weighted by molar-refractivity contribution is -0.192. The number of aliphatic carboxylic acids is 1. The molecule has 0 atom stereocenters. The second kappa shape index (κ2) is 8.00. The van der Waals surface area contributed by atoms with Crippen molar-refractivity contribution < 1.29 is 36.6 Å². The summed E-state index contributed by atoms with van der Waals surface area (Å²) in [6.45, 7) is 1.46. The molecule has 1 saturated heterocycles. The summed E-state index contributed by atoms with van der Waals surface area (Å²) in [7, 11) is 0. The number of Topliss-reactive ketones (excluding diaryl/α,β-unsaturated/α-hetero) is 1. The molecule has 9 heteroatoms. The summed E-state index contributed by atoms with van der Waals surface area (Å²) >= 11 is 0. The third-order valence-corrected chi connectivity index (χ3v) is 3.16. The molecule has 1 heterocycles. The van der Waals surface area contributed by atoms with Crippen molar-refractivity contribution in [2.24, 2.45) is 5.92 Å². The van der Waals surface area contributed by atoms with Crippen molar-refractivity contribution in [3.63, 3.8) is 0 Å². The van der Waals surface area contributed by atoms with E-state index in [-0.39, 0.29) is 11.5 Å². The fraction of sp³-hybridized carbons (Fsp3) is 0.429. The molecule has 0 radical (unpaired) electrons. The Morgan fingerprint density at radius 3 is 1.91 bits per heavy atom. The zero-order valence-electron chi connectivity index (χ0n) is 11.8. The van der Waals surface area contributed by atoms with Crippen LogP contribution in [0.15, 0.2) is 18.2 Å². The Morgan fingerprint density at radius 2 is 1.52 bits per heavy atom. The number of ketones is 1. The quantitative estimate of drug-likeness (QED) is 0.642. The van der Waals surface area contributed by atoms with Gasteiger partial charge in [-0.1, -0.05) is 6.07 Å². The first-order valence-corrected chi connectivity index (χ1v) is 6.63. The highest BCUT2D eigenvalue weighted by Gasteiger charge is 2.38. The Kier molecular flexibility index (Phi) is 6.62. The van der Waals surface area contributed by atoms with Crippen molar-refractivity contribution in [2.75, 3.05) is 13.1 Å². The van der Waals surface area contributed by atoms with Crippen molar-refractivity contribution in [3.05, 3.63) is 35.4 Å². The molecule has 1 aromatic carbocycles. The maximum absolute atomic E-state index is 13.4. The zero-order valence-corrected chi connectivity index (χ0v) is 11.8. The first-order valence-electron chi connectivity index (χ1n) is 6.63. The summed E-state index contributed by atoms with van der Waals surface area (Å²) in [5.41, 5.74) is -0.380. The molecule has 2 N–H and O–H groups in total. The third-order valence-electron chi connectivity index (χ3n) is 3.16. The van der Waals surface area contributed by atoms with E-state index in [9.17, 15) is 26.7 Å². The Balaban J connectivity index is 0.000000322. The number of alkyl halides is 3. The molecule has 0 aliphatic carbocycles. The summed E-state index contributed by atoms with van der Waals surface area (Å²) in [5.74, 6) is -4.94.